The van der Waals surface area contributed by atoms with Gasteiger partial charge in [0.05, 0.1) is 12.3 Å². The summed E-state index contributed by atoms with van der Waals surface area (Å²) in [5.74, 6) is 1.59. The maximum absolute atomic E-state index is 12.5. The Kier molecular flexibility index (Phi) is 6.09. The summed E-state index contributed by atoms with van der Waals surface area (Å²) in [6.07, 6.45) is 5.99. The van der Waals surface area contributed by atoms with Crippen molar-refractivity contribution in [3.8, 4) is 5.69 Å². The van der Waals surface area contributed by atoms with Crippen molar-refractivity contribution < 1.29 is 4.79 Å². The average Bonchev–Trinajstić information content (AvgIpc) is 3.38. The molecule has 2 saturated heterocycles. The zero-order chi connectivity index (χ0) is 18.5. The molecule has 0 atom stereocenters. The highest BCUT2D eigenvalue weighted by Gasteiger charge is 2.21. The van der Waals surface area contributed by atoms with Crippen molar-refractivity contribution in [1.82, 2.24) is 24.6 Å². The molecule has 27 heavy (non-hydrogen) atoms. The van der Waals surface area contributed by atoms with Crippen molar-refractivity contribution in [1.29, 1.82) is 0 Å². The van der Waals surface area contributed by atoms with E-state index in [9.17, 15) is 4.79 Å². The molecule has 144 valence electrons. The van der Waals surface area contributed by atoms with Gasteiger partial charge < -0.3 is 4.90 Å². The smallest absolute Gasteiger partial charge is 0.233 e. The van der Waals surface area contributed by atoms with E-state index in [4.69, 9.17) is 0 Å². The lowest BCUT2D eigenvalue weighted by Crippen LogP contribution is -2.36. The van der Waals surface area contributed by atoms with Crippen LogP contribution in [0.1, 0.15) is 37.9 Å². The van der Waals surface area contributed by atoms with E-state index in [1.807, 2.05) is 23.1 Å². The third-order valence-corrected chi connectivity index (χ3v) is 6.23. The van der Waals surface area contributed by atoms with E-state index in [0.29, 0.717) is 5.75 Å². The molecule has 4 rings (SSSR count). The first-order chi connectivity index (χ1) is 13.3. The van der Waals surface area contributed by atoms with E-state index in [1.54, 1.807) is 0 Å². The number of hydrogen-bond donors (Lipinski definition) is 0. The van der Waals surface area contributed by atoms with Gasteiger partial charge in [-0.25, -0.2) is 0 Å². The van der Waals surface area contributed by atoms with Gasteiger partial charge in [-0.2, -0.15) is 0 Å². The molecule has 1 amide bonds. The van der Waals surface area contributed by atoms with Gasteiger partial charge in [-0.15, -0.1) is 10.2 Å². The first-order valence-electron chi connectivity index (χ1n) is 9.94. The SMILES string of the molecule is O=C(CSc1nnc(CN2CCCC2)n1-c1ccccc1)N1CCCCC1. The van der Waals surface area contributed by atoms with Crippen molar-refractivity contribution >= 4 is 17.7 Å². The number of thioether (sulfide) groups is 1. The molecule has 0 radical (unpaired) electrons. The van der Waals surface area contributed by atoms with E-state index >= 15 is 0 Å². The second-order valence-corrected chi connectivity index (χ2v) is 8.23. The predicted octanol–water partition coefficient (Wildman–Crippen LogP) is 2.97. The average molecular weight is 386 g/mol. The molecule has 0 unspecified atom stereocenters. The molecule has 0 N–H and O–H groups in total. The van der Waals surface area contributed by atoms with Gasteiger partial charge in [0.2, 0.25) is 5.91 Å². The Bertz CT molecular complexity index is 751. The molecule has 0 aliphatic carbocycles. The summed E-state index contributed by atoms with van der Waals surface area (Å²) in [5.41, 5.74) is 1.06. The van der Waals surface area contributed by atoms with Crippen LogP contribution in [-0.4, -0.2) is 62.4 Å². The number of para-hydroxylation sites is 1. The van der Waals surface area contributed by atoms with Gasteiger partial charge in [-0.3, -0.25) is 14.3 Å². The number of likely N-dealkylation sites (tertiary alicyclic amines) is 2. The number of benzene rings is 1. The molecule has 0 bridgehead atoms. The molecule has 2 aliphatic rings. The molecular formula is C20H27N5OS. The lowest BCUT2D eigenvalue weighted by Gasteiger charge is -2.26. The van der Waals surface area contributed by atoms with Crippen molar-refractivity contribution in [2.45, 2.75) is 43.8 Å². The Morgan fingerprint density at radius 1 is 0.926 bits per heavy atom. The van der Waals surface area contributed by atoms with Crippen LogP contribution < -0.4 is 0 Å². The summed E-state index contributed by atoms with van der Waals surface area (Å²) in [7, 11) is 0. The number of carbonyl (C=O) groups is 1. The number of amides is 1. The van der Waals surface area contributed by atoms with Gasteiger partial charge in [0.25, 0.3) is 0 Å². The molecule has 7 heteroatoms. The van der Waals surface area contributed by atoms with Gasteiger partial charge in [0.15, 0.2) is 11.0 Å². The predicted molar refractivity (Wildman–Crippen MR) is 107 cm³/mol. The highest BCUT2D eigenvalue weighted by molar-refractivity contribution is 7.99. The van der Waals surface area contributed by atoms with E-state index in [2.05, 4.69) is 31.8 Å². The van der Waals surface area contributed by atoms with Crippen LogP contribution in [0, 0.1) is 0 Å². The van der Waals surface area contributed by atoms with Crippen molar-refractivity contribution in [2.75, 3.05) is 31.9 Å². The number of rotatable bonds is 6. The van der Waals surface area contributed by atoms with E-state index in [1.165, 1.54) is 31.0 Å². The lowest BCUT2D eigenvalue weighted by molar-refractivity contribution is -0.129. The second-order valence-electron chi connectivity index (χ2n) is 7.28. The van der Waals surface area contributed by atoms with Crippen LogP contribution in [0.2, 0.25) is 0 Å². The standard InChI is InChI=1S/C20H27N5OS/c26-19(24-13-5-2-6-14-24)16-27-20-22-21-18(15-23-11-7-8-12-23)25(20)17-9-3-1-4-10-17/h1,3-4,9-10H,2,5-8,11-16H2. The van der Waals surface area contributed by atoms with Gasteiger partial charge >= 0.3 is 0 Å². The fourth-order valence-electron chi connectivity index (χ4n) is 3.83. The third-order valence-electron chi connectivity index (χ3n) is 5.31. The number of aromatic nitrogens is 3. The highest BCUT2D eigenvalue weighted by atomic mass is 32.2. The highest BCUT2D eigenvalue weighted by Crippen LogP contribution is 2.24. The maximum Gasteiger partial charge on any atom is 0.233 e. The number of carbonyl (C=O) groups excluding carboxylic acids is 1. The first kappa shape index (κ1) is 18.5. The van der Waals surface area contributed by atoms with E-state index in [0.717, 1.165) is 62.2 Å². The topological polar surface area (TPSA) is 54.3 Å². The van der Waals surface area contributed by atoms with Crippen LogP contribution in [0.5, 0.6) is 0 Å². The Labute approximate surface area is 164 Å². The van der Waals surface area contributed by atoms with Gasteiger partial charge in [0.1, 0.15) is 0 Å². The summed E-state index contributed by atoms with van der Waals surface area (Å²) >= 11 is 1.50. The minimum absolute atomic E-state index is 0.211. The minimum atomic E-state index is 0.211. The molecular weight excluding hydrogens is 358 g/mol. The van der Waals surface area contributed by atoms with Crippen LogP contribution in [0.25, 0.3) is 5.69 Å². The molecule has 1 aromatic heterocycles. The van der Waals surface area contributed by atoms with Crippen LogP contribution >= 0.6 is 11.8 Å². The van der Waals surface area contributed by atoms with E-state index < -0.39 is 0 Å². The Hall–Kier alpha value is -1.86. The number of nitrogens with zero attached hydrogens (tertiary/aromatic N) is 5. The largest absolute Gasteiger partial charge is 0.342 e. The number of hydrogen-bond acceptors (Lipinski definition) is 5. The van der Waals surface area contributed by atoms with Crippen LogP contribution in [0.3, 0.4) is 0 Å². The van der Waals surface area contributed by atoms with Gasteiger partial charge in [-0.1, -0.05) is 30.0 Å². The summed E-state index contributed by atoms with van der Waals surface area (Å²) < 4.78 is 2.12. The quantitative estimate of drug-likeness (QED) is 0.716. The fourth-order valence-corrected chi connectivity index (χ4v) is 4.71. The second kappa shape index (κ2) is 8.89. The van der Waals surface area contributed by atoms with Crippen molar-refractivity contribution in [2.24, 2.45) is 0 Å². The molecule has 3 heterocycles. The molecule has 0 saturated carbocycles. The molecule has 0 spiro atoms. The lowest BCUT2D eigenvalue weighted by atomic mass is 10.1. The van der Waals surface area contributed by atoms with Crippen molar-refractivity contribution in [3.63, 3.8) is 0 Å². The molecule has 1 aromatic carbocycles. The van der Waals surface area contributed by atoms with Crippen molar-refractivity contribution in [3.05, 3.63) is 36.2 Å². The maximum atomic E-state index is 12.5. The summed E-state index contributed by atoms with van der Waals surface area (Å²) in [6, 6.07) is 10.2. The molecule has 2 aromatic rings. The van der Waals surface area contributed by atoms with Gasteiger partial charge in [0, 0.05) is 18.8 Å². The summed E-state index contributed by atoms with van der Waals surface area (Å²) in [5, 5.41) is 9.71. The molecule has 2 fully saturated rings. The minimum Gasteiger partial charge on any atom is -0.342 e. The van der Waals surface area contributed by atoms with Crippen LogP contribution in [0.15, 0.2) is 35.5 Å². The monoisotopic (exact) mass is 385 g/mol. The fraction of sp³-hybridized carbons (Fsp3) is 0.550. The molecule has 2 aliphatic heterocycles. The van der Waals surface area contributed by atoms with Crippen LogP contribution in [0.4, 0.5) is 0 Å². The first-order valence-corrected chi connectivity index (χ1v) is 10.9. The zero-order valence-electron chi connectivity index (χ0n) is 15.7. The normalized spacial score (nSPS) is 18.1. The van der Waals surface area contributed by atoms with Gasteiger partial charge in [-0.05, 0) is 57.3 Å². The van der Waals surface area contributed by atoms with Crippen LogP contribution in [-0.2, 0) is 11.3 Å². The number of piperidine rings is 1. The molecule has 6 nitrogen and oxygen atoms in total. The zero-order valence-corrected chi connectivity index (χ0v) is 16.5. The summed E-state index contributed by atoms with van der Waals surface area (Å²) in [6.45, 7) is 4.84. The Morgan fingerprint density at radius 2 is 1.63 bits per heavy atom. The Balaban J connectivity index is 1.50. The Morgan fingerprint density at radius 3 is 2.37 bits per heavy atom. The third kappa shape index (κ3) is 4.52. The van der Waals surface area contributed by atoms with E-state index in [-0.39, 0.29) is 5.91 Å². The summed E-state index contributed by atoms with van der Waals surface area (Å²) in [4.78, 5) is 17.0.